The van der Waals surface area contributed by atoms with E-state index in [1.807, 2.05) is 31.3 Å². The Kier molecular flexibility index (Phi) is 4.06. The Morgan fingerprint density at radius 3 is 2.65 bits per heavy atom. The fraction of sp³-hybridized carbons (Fsp3) is 0.533. The average molecular weight is 271 g/mol. The highest BCUT2D eigenvalue weighted by atomic mass is 15.3. The zero-order valence-electron chi connectivity index (χ0n) is 11.9. The zero-order chi connectivity index (χ0) is 13.8. The van der Waals surface area contributed by atoms with Gasteiger partial charge in [-0.2, -0.15) is 0 Å². The molecule has 1 N–H and O–H groups in total. The van der Waals surface area contributed by atoms with Crippen LogP contribution in [-0.2, 0) is 0 Å². The topological polar surface area (TPSA) is 53.9 Å². The zero-order valence-corrected chi connectivity index (χ0v) is 11.9. The Morgan fingerprint density at radius 1 is 1.15 bits per heavy atom. The summed E-state index contributed by atoms with van der Waals surface area (Å²) in [6.45, 7) is 3.18. The summed E-state index contributed by atoms with van der Waals surface area (Å²) in [6, 6.07) is 7.90. The molecule has 5 nitrogen and oxygen atoms in total. The van der Waals surface area contributed by atoms with Gasteiger partial charge >= 0.3 is 0 Å². The first kappa shape index (κ1) is 13.2. The highest BCUT2D eigenvalue weighted by Crippen LogP contribution is 2.23. The van der Waals surface area contributed by atoms with E-state index in [9.17, 15) is 0 Å². The van der Waals surface area contributed by atoms with Crippen molar-refractivity contribution in [3.63, 3.8) is 0 Å². The summed E-state index contributed by atoms with van der Waals surface area (Å²) < 4.78 is 0. The van der Waals surface area contributed by atoms with Gasteiger partial charge in [0.05, 0.1) is 5.52 Å². The van der Waals surface area contributed by atoms with E-state index in [0.717, 1.165) is 42.5 Å². The molecule has 0 aliphatic carbocycles. The summed E-state index contributed by atoms with van der Waals surface area (Å²) in [6.07, 6.45) is 3.71. The van der Waals surface area contributed by atoms with Crippen molar-refractivity contribution >= 4 is 17.0 Å². The molecule has 0 bridgehead atoms. The van der Waals surface area contributed by atoms with Crippen LogP contribution in [0.4, 0.5) is 5.95 Å². The van der Waals surface area contributed by atoms with Crippen LogP contribution in [0.15, 0.2) is 24.3 Å². The highest BCUT2D eigenvalue weighted by Gasteiger charge is 2.21. The summed E-state index contributed by atoms with van der Waals surface area (Å²) in [7, 11) is 2.02. The van der Waals surface area contributed by atoms with E-state index in [1.54, 1.807) is 0 Å². The number of hydrogen-bond donors (Lipinski definition) is 1. The van der Waals surface area contributed by atoms with Crippen molar-refractivity contribution in [3.8, 4) is 0 Å². The molecule has 0 radical (unpaired) electrons. The maximum atomic E-state index is 4.63. The first-order chi connectivity index (χ1) is 9.86. The van der Waals surface area contributed by atoms with E-state index < -0.39 is 0 Å². The molecular formula is C15H21N5. The number of para-hydroxylation sites is 1. The minimum Gasteiger partial charge on any atom is -0.339 e. The van der Waals surface area contributed by atoms with Crippen LogP contribution in [0.3, 0.4) is 0 Å². The molecule has 20 heavy (non-hydrogen) atoms. The molecule has 1 aliphatic heterocycles. The summed E-state index contributed by atoms with van der Waals surface area (Å²) in [5, 5.41) is 11.8. The second kappa shape index (κ2) is 6.13. The van der Waals surface area contributed by atoms with Crippen LogP contribution in [-0.4, -0.2) is 41.9 Å². The SMILES string of the molecule is CNCCC1CCN(c2nnc3ccccc3n2)CC1. The predicted octanol–water partition coefficient (Wildman–Crippen LogP) is 1.85. The first-order valence-electron chi connectivity index (χ1n) is 7.36. The fourth-order valence-electron chi connectivity index (χ4n) is 2.78. The minimum absolute atomic E-state index is 0.774. The van der Waals surface area contributed by atoms with Crippen molar-refractivity contribution in [2.75, 3.05) is 31.6 Å². The number of fused-ring (bicyclic) bond motifs is 1. The van der Waals surface area contributed by atoms with Gasteiger partial charge in [-0.15, -0.1) is 10.2 Å². The van der Waals surface area contributed by atoms with Crippen molar-refractivity contribution in [2.24, 2.45) is 5.92 Å². The molecule has 2 aromatic rings. The number of benzene rings is 1. The molecule has 1 fully saturated rings. The number of piperidine rings is 1. The fourth-order valence-corrected chi connectivity index (χ4v) is 2.78. The molecule has 1 aliphatic rings. The first-order valence-corrected chi connectivity index (χ1v) is 7.36. The van der Waals surface area contributed by atoms with E-state index in [-0.39, 0.29) is 0 Å². The van der Waals surface area contributed by atoms with Crippen LogP contribution >= 0.6 is 0 Å². The standard InChI is InChI=1S/C15H21N5/c1-16-9-6-12-7-10-20(11-8-12)15-17-13-4-2-3-5-14(13)18-19-15/h2-5,12,16H,6-11H2,1H3. The van der Waals surface area contributed by atoms with Gasteiger partial charge in [-0.1, -0.05) is 12.1 Å². The predicted molar refractivity (Wildman–Crippen MR) is 80.8 cm³/mol. The monoisotopic (exact) mass is 271 g/mol. The van der Waals surface area contributed by atoms with Gasteiger partial charge in [0.25, 0.3) is 0 Å². The van der Waals surface area contributed by atoms with Crippen molar-refractivity contribution in [1.29, 1.82) is 0 Å². The Balaban J connectivity index is 1.67. The van der Waals surface area contributed by atoms with Crippen molar-refractivity contribution in [2.45, 2.75) is 19.3 Å². The van der Waals surface area contributed by atoms with Gasteiger partial charge in [-0.25, -0.2) is 4.98 Å². The quantitative estimate of drug-likeness (QED) is 0.919. The molecule has 1 aromatic carbocycles. The van der Waals surface area contributed by atoms with Gasteiger partial charge in [-0.05, 0) is 50.9 Å². The second-order valence-electron chi connectivity index (χ2n) is 5.42. The Labute approximate surface area is 119 Å². The Bertz CT molecular complexity index is 563. The van der Waals surface area contributed by atoms with Crippen LogP contribution in [0, 0.1) is 5.92 Å². The molecule has 3 rings (SSSR count). The van der Waals surface area contributed by atoms with Gasteiger partial charge in [-0.3, -0.25) is 0 Å². The lowest BCUT2D eigenvalue weighted by Crippen LogP contribution is -2.35. The Morgan fingerprint density at radius 2 is 1.90 bits per heavy atom. The van der Waals surface area contributed by atoms with Crippen LogP contribution < -0.4 is 10.2 Å². The van der Waals surface area contributed by atoms with E-state index in [0.29, 0.717) is 0 Å². The molecule has 0 amide bonds. The minimum atomic E-state index is 0.774. The summed E-state index contributed by atoms with van der Waals surface area (Å²) in [5.41, 5.74) is 1.79. The van der Waals surface area contributed by atoms with Gasteiger partial charge < -0.3 is 10.2 Å². The molecule has 1 saturated heterocycles. The number of aromatic nitrogens is 3. The Hall–Kier alpha value is -1.75. The van der Waals surface area contributed by atoms with E-state index in [1.165, 1.54) is 19.3 Å². The van der Waals surface area contributed by atoms with Gasteiger partial charge in [0.15, 0.2) is 0 Å². The summed E-state index contributed by atoms with van der Waals surface area (Å²) >= 11 is 0. The highest BCUT2D eigenvalue weighted by molar-refractivity contribution is 5.74. The van der Waals surface area contributed by atoms with Gasteiger partial charge in [0, 0.05) is 13.1 Å². The largest absolute Gasteiger partial charge is 0.339 e. The molecule has 5 heteroatoms. The maximum absolute atomic E-state index is 4.63. The molecule has 106 valence electrons. The molecular weight excluding hydrogens is 250 g/mol. The average Bonchev–Trinajstić information content (AvgIpc) is 2.53. The van der Waals surface area contributed by atoms with Gasteiger partial charge in [0.2, 0.25) is 5.95 Å². The number of nitrogens with one attached hydrogen (secondary N) is 1. The van der Waals surface area contributed by atoms with Crippen LogP contribution in [0.2, 0.25) is 0 Å². The lowest BCUT2D eigenvalue weighted by molar-refractivity contribution is 0.375. The van der Waals surface area contributed by atoms with E-state index >= 15 is 0 Å². The number of nitrogens with zero attached hydrogens (tertiary/aromatic N) is 4. The number of anilines is 1. The van der Waals surface area contributed by atoms with Crippen LogP contribution in [0.25, 0.3) is 11.0 Å². The third-order valence-corrected chi connectivity index (χ3v) is 4.05. The van der Waals surface area contributed by atoms with Crippen molar-refractivity contribution in [1.82, 2.24) is 20.5 Å². The third kappa shape index (κ3) is 2.88. The molecule has 0 saturated carbocycles. The lowest BCUT2D eigenvalue weighted by Gasteiger charge is -2.31. The number of hydrogen-bond acceptors (Lipinski definition) is 5. The summed E-state index contributed by atoms with van der Waals surface area (Å²) in [5.74, 6) is 1.60. The smallest absolute Gasteiger partial charge is 0.245 e. The molecule has 0 atom stereocenters. The van der Waals surface area contributed by atoms with Gasteiger partial charge in [0.1, 0.15) is 5.52 Å². The molecule has 0 spiro atoms. The van der Waals surface area contributed by atoms with Crippen molar-refractivity contribution in [3.05, 3.63) is 24.3 Å². The van der Waals surface area contributed by atoms with Crippen molar-refractivity contribution < 1.29 is 0 Å². The number of rotatable bonds is 4. The summed E-state index contributed by atoms with van der Waals surface area (Å²) in [4.78, 5) is 6.89. The maximum Gasteiger partial charge on any atom is 0.245 e. The molecule has 0 unspecified atom stereocenters. The lowest BCUT2D eigenvalue weighted by atomic mass is 9.94. The molecule has 1 aromatic heterocycles. The normalized spacial score (nSPS) is 16.8. The second-order valence-corrected chi connectivity index (χ2v) is 5.42. The van der Waals surface area contributed by atoms with E-state index in [2.05, 4.69) is 25.4 Å². The van der Waals surface area contributed by atoms with Crippen LogP contribution in [0.1, 0.15) is 19.3 Å². The van der Waals surface area contributed by atoms with Crippen LogP contribution in [0.5, 0.6) is 0 Å². The molecule has 2 heterocycles. The third-order valence-electron chi connectivity index (χ3n) is 4.05. The van der Waals surface area contributed by atoms with E-state index in [4.69, 9.17) is 0 Å².